The first-order valence-electron chi connectivity index (χ1n) is 34.3. The highest BCUT2D eigenvalue weighted by atomic mass is 15.2. The summed E-state index contributed by atoms with van der Waals surface area (Å²) in [6, 6.07) is 99.4. The van der Waals surface area contributed by atoms with E-state index in [-0.39, 0.29) is 10.8 Å². The van der Waals surface area contributed by atoms with Gasteiger partial charge in [-0.25, -0.2) is 0 Å². The molecule has 0 radical (unpaired) electrons. The van der Waals surface area contributed by atoms with E-state index in [1.54, 1.807) is 0 Å². The molecule has 4 atom stereocenters. The van der Waals surface area contributed by atoms with Gasteiger partial charge in [0.25, 0.3) is 0 Å². The zero-order valence-corrected chi connectivity index (χ0v) is 56.1. The maximum atomic E-state index is 2.58. The van der Waals surface area contributed by atoms with E-state index >= 15 is 0 Å². The molecular weight excluding hydrogens is 1160 g/mol. The second kappa shape index (κ2) is 24.3. The van der Waals surface area contributed by atoms with Gasteiger partial charge in [0.15, 0.2) is 11.4 Å². The second-order valence-electron chi connectivity index (χ2n) is 27.9. The highest BCUT2D eigenvalue weighted by Gasteiger charge is 2.53. The van der Waals surface area contributed by atoms with Crippen LogP contribution in [0.25, 0.3) is 43.1 Å². The lowest BCUT2D eigenvalue weighted by molar-refractivity contribution is -0.401. The summed E-state index contributed by atoms with van der Waals surface area (Å²) < 4.78 is 5.03. The molecular formula is C92H82N4+2. The molecule has 96 heavy (non-hydrogen) atoms. The summed E-state index contributed by atoms with van der Waals surface area (Å²) in [6.07, 6.45) is 24.7. The van der Waals surface area contributed by atoms with E-state index in [0.717, 1.165) is 38.5 Å². The van der Waals surface area contributed by atoms with Crippen LogP contribution in [-0.4, -0.2) is 48.8 Å². The van der Waals surface area contributed by atoms with Gasteiger partial charge in [-0.05, 0) is 165 Å². The topological polar surface area (TPSA) is 12.5 Å². The second-order valence-corrected chi connectivity index (χ2v) is 27.9. The molecule has 0 aromatic heterocycles. The Hall–Kier alpha value is -10.7. The monoisotopic (exact) mass is 1240 g/mol. The van der Waals surface area contributed by atoms with Crippen LogP contribution < -0.4 is 9.80 Å². The van der Waals surface area contributed by atoms with Crippen molar-refractivity contribution in [2.24, 2.45) is 0 Å². The third-order valence-corrected chi connectivity index (χ3v) is 22.3. The fourth-order valence-electron chi connectivity index (χ4n) is 18.1. The van der Waals surface area contributed by atoms with Gasteiger partial charge in [-0.1, -0.05) is 255 Å². The molecule has 12 aromatic rings. The fraction of sp³-hybridized carbons (Fsp3) is 0.174. The normalized spacial score (nSPS) is 21.4. The lowest BCUT2D eigenvalue weighted by Gasteiger charge is -2.30. The van der Waals surface area contributed by atoms with Crippen LogP contribution in [0.15, 0.2) is 327 Å². The molecule has 0 bridgehead atoms. The predicted molar refractivity (Wildman–Crippen MR) is 406 cm³/mol. The number of allylic oxidation sites excluding steroid dienone is 10. The van der Waals surface area contributed by atoms with E-state index in [1.807, 2.05) is 0 Å². The van der Waals surface area contributed by atoms with E-state index < -0.39 is 10.8 Å². The minimum Gasteiger partial charge on any atom is -0.347 e. The van der Waals surface area contributed by atoms with Gasteiger partial charge in [0.2, 0.25) is 11.4 Å². The van der Waals surface area contributed by atoms with Crippen molar-refractivity contribution in [3.8, 4) is 0 Å². The molecule has 4 unspecified atom stereocenters. The zero-order chi connectivity index (χ0) is 65.2. The van der Waals surface area contributed by atoms with Gasteiger partial charge in [-0.2, -0.15) is 9.15 Å². The van der Waals surface area contributed by atoms with Gasteiger partial charge in [0.05, 0.1) is 10.8 Å². The molecule has 0 saturated carbocycles. The Kier molecular flexibility index (Phi) is 15.2. The third kappa shape index (κ3) is 9.94. The largest absolute Gasteiger partial charge is 0.347 e. The van der Waals surface area contributed by atoms with Crippen LogP contribution in [0.4, 0.5) is 22.7 Å². The number of rotatable bonds is 16. The van der Waals surface area contributed by atoms with Crippen molar-refractivity contribution in [1.82, 2.24) is 0 Å². The van der Waals surface area contributed by atoms with E-state index in [0.29, 0.717) is 0 Å². The Morgan fingerprint density at radius 1 is 0.323 bits per heavy atom. The standard InChI is InChI=1S/C92H82N4/c1-89(61-65-31-11-7-12-32-65)81(93(3)77-55-51-69-39-19-23-43-73(69)85(77)89)47-29-49-83-91(63-67-35-15-9-16-36-67,87-75-45-25-21-41-71(75)53-57-79(87)95(83)5)59-27-28-60-92(64-68-37-17-10-18-38-68)84(96(6)80-58-54-72-42-22-26-46-76(72)88(80)92)50-30-48-82-90(2,62-66-33-13-8-14-34-66)86-74-44-24-20-40-70(74)52-56-78(86)94(82)4/h7-58H,59-64H2,1-6H3/q+2. The number of hydrogen-bond donors (Lipinski definition) is 0. The van der Waals surface area contributed by atoms with E-state index in [1.165, 1.54) is 133 Å². The maximum Gasteiger partial charge on any atom is 0.210 e. The predicted octanol–water partition coefficient (Wildman–Crippen LogP) is 20.9. The number of fused-ring (bicyclic) bond motifs is 12. The van der Waals surface area contributed by atoms with Crippen LogP contribution in [0.5, 0.6) is 0 Å². The molecule has 12 aromatic carbocycles. The zero-order valence-electron chi connectivity index (χ0n) is 56.1. The van der Waals surface area contributed by atoms with Crippen molar-refractivity contribution in [3.63, 3.8) is 0 Å². The number of likely N-dealkylation sites (N-methyl/N-ethyl adjacent to an activating group) is 2. The average Bonchev–Trinajstić information content (AvgIpc) is 1.58. The molecule has 0 fully saturated rings. The van der Waals surface area contributed by atoms with Crippen molar-refractivity contribution in [2.75, 3.05) is 38.0 Å². The molecule has 4 heterocycles. The highest BCUT2D eigenvalue weighted by Crippen LogP contribution is 2.55. The van der Waals surface area contributed by atoms with Crippen molar-refractivity contribution < 1.29 is 9.15 Å². The summed E-state index contributed by atoms with van der Waals surface area (Å²) in [4.78, 5) is 4.92. The summed E-state index contributed by atoms with van der Waals surface area (Å²) in [5.41, 5.74) is 19.5. The van der Waals surface area contributed by atoms with E-state index in [2.05, 4.69) is 377 Å². The van der Waals surface area contributed by atoms with Gasteiger partial charge in [-0.3, -0.25) is 0 Å². The third-order valence-electron chi connectivity index (χ3n) is 22.3. The number of anilines is 2. The SMILES string of the molecule is CN1/C(=C/C=C/C2=[N+](C)c3ccc4ccccc4c3C2(CC=CCC2(Cc3ccccc3)C(/C=C/C=C3/N(C)c4ccc5ccccc5c4C3(C)Cc3ccccc3)=[N+](C)c3ccc4ccccc4c32)Cc2ccccc2)C(C)(Cc2ccccc2)c2c1ccc1ccccc21. The van der Waals surface area contributed by atoms with Crippen LogP contribution in [-0.2, 0) is 47.3 Å². The maximum absolute atomic E-state index is 2.58. The summed E-state index contributed by atoms with van der Waals surface area (Å²) in [6.45, 7) is 4.94. The van der Waals surface area contributed by atoms with Gasteiger partial charge in [-0.15, -0.1) is 0 Å². The highest BCUT2D eigenvalue weighted by molar-refractivity contribution is 6.10. The summed E-state index contributed by atoms with van der Waals surface area (Å²) >= 11 is 0. The molecule has 468 valence electrons. The molecule has 0 aliphatic carbocycles. The fourth-order valence-corrected chi connectivity index (χ4v) is 18.1. The summed E-state index contributed by atoms with van der Waals surface area (Å²) in [7, 11) is 9.16. The van der Waals surface area contributed by atoms with Crippen molar-refractivity contribution in [1.29, 1.82) is 0 Å². The number of benzene rings is 12. The van der Waals surface area contributed by atoms with E-state index in [9.17, 15) is 0 Å². The van der Waals surface area contributed by atoms with Gasteiger partial charge in [0.1, 0.15) is 14.1 Å². The van der Waals surface area contributed by atoms with Crippen molar-refractivity contribution in [2.45, 2.75) is 74.0 Å². The molecule has 4 aliphatic rings. The van der Waals surface area contributed by atoms with Crippen LogP contribution in [0.3, 0.4) is 0 Å². The van der Waals surface area contributed by atoms with Crippen LogP contribution in [0.1, 0.15) is 71.2 Å². The molecule has 0 saturated heterocycles. The Morgan fingerprint density at radius 3 is 0.958 bits per heavy atom. The first-order valence-corrected chi connectivity index (χ1v) is 34.3. The molecule has 4 aliphatic heterocycles. The van der Waals surface area contributed by atoms with Crippen LogP contribution in [0.2, 0.25) is 0 Å². The van der Waals surface area contributed by atoms with Crippen LogP contribution in [0, 0.1) is 0 Å². The summed E-state index contributed by atoms with van der Waals surface area (Å²) in [5.74, 6) is 0. The Labute approximate surface area is 566 Å². The minimum absolute atomic E-state index is 0.307. The molecule has 0 amide bonds. The lowest BCUT2D eigenvalue weighted by Crippen LogP contribution is -2.37. The molecule has 16 rings (SSSR count). The first kappa shape index (κ1) is 60.3. The molecule has 0 N–H and O–H groups in total. The van der Waals surface area contributed by atoms with Crippen LogP contribution >= 0.6 is 0 Å². The molecule has 0 spiro atoms. The number of nitrogens with zero attached hydrogens (tertiary/aromatic N) is 4. The summed E-state index contributed by atoms with van der Waals surface area (Å²) in [5, 5.41) is 10.3. The van der Waals surface area contributed by atoms with Gasteiger partial charge >= 0.3 is 0 Å². The first-order chi connectivity index (χ1) is 47.0. The van der Waals surface area contributed by atoms with E-state index in [4.69, 9.17) is 0 Å². The Morgan fingerprint density at radius 2 is 0.615 bits per heavy atom. The quantitative estimate of drug-likeness (QED) is 0.0706. The molecule has 4 heteroatoms. The lowest BCUT2D eigenvalue weighted by atomic mass is 9.67. The Bertz CT molecular complexity index is 4930. The van der Waals surface area contributed by atoms with Crippen molar-refractivity contribution in [3.05, 3.63) is 371 Å². The van der Waals surface area contributed by atoms with Crippen molar-refractivity contribution >= 4 is 77.3 Å². The number of hydrogen-bond acceptors (Lipinski definition) is 2. The van der Waals surface area contributed by atoms with Gasteiger partial charge in [0, 0.05) is 83.1 Å². The smallest absolute Gasteiger partial charge is 0.210 e. The average molecular weight is 1240 g/mol. The minimum atomic E-state index is -0.462. The van der Waals surface area contributed by atoms with Gasteiger partial charge < -0.3 is 9.80 Å². The molecule has 4 nitrogen and oxygen atoms in total. The Balaban J connectivity index is 0.841.